The molecule has 0 aliphatic carbocycles. The topological polar surface area (TPSA) is 51.1 Å². The largest absolute Gasteiger partial charge is 0.373 e. The van der Waals surface area contributed by atoms with E-state index in [2.05, 4.69) is 33.7 Å². The van der Waals surface area contributed by atoms with Gasteiger partial charge in [-0.3, -0.25) is 9.88 Å². The van der Waals surface area contributed by atoms with Gasteiger partial charge in [0.1, 0.15) is 0 Å². The van der Waals surface area contributed by atoms with Crippen LogP contribution in [-0.4, -0.2) is 45.1 Å². The van der Waals surface area contributed by atoms with Crippen LogP contribution in [0.4, 0.5) is 0 Å². The van der Waals surface area contributed by atoms with Crippen LogP contribution < -0.4 is 0 Å². The molecule has 0 amide bonds. The molecule has 2 atom stereocenters. The van der Waals surface area contributed by atoms with E-state index >= 15 is 0 Å². The standard InChI is InChI=1S/C16H20N4O/c1-12-9-20(10-13(2)21-12)11-15-5-8-18-16(19-15)14-3-6-17-7-4-14/h3-8,12-13H,9-11H2,1-2H3/t12-,13+. The molecule has 0 radical (unpaired) electrons. The Bertz CT molecular complexity index is 580. The number of rotatable bonds is 3. The minimum atomic E-state index is 0.273. The maximum Gasteiger partial charge on any atom is 0.159 e. The third-order valence-corrected chi connectivity index (χ3v) is 3.53. The van der Waals surface area contributed by atoms with Crippen LogP contribution in [0.2, 0.25) is 0 Å². The summed E-state index contributed by atoms with van der Waals surface area (Å²) in [5, 5.41) is 0. The Morgan fingerprint density at radius 2 is 1.81 bits per heavy atom. The normalized spacial score (nSPS) is 23.1. The number of ether oxygens (including phenoxy) is 1. The lowest BCUT2D eigenvalue weighted by Gasteiger charge is -2.35. The van der Waals surface area contributed by atoms with Crippen LogP contribution >= 0.6 is 0 Å². The third-order valence-electron chi connectivity index (χ3n) is 3.53. The zero-order chi connectivity index (χ0) is 14.7. The zero-order valence-corrected chi connectivity index (χ0v) is 12.4. The SMILES string of the molecule is C[C@@H]1CN(Cc2ccnc(-c3ccncc3)n2)C[C@H](C)O1. The molecular formula is C16H20N4O. The monoisotopic (exact) mass is 284 g/mol. The van der Waals surface area contributed by atoms with E-state index in [1.54, 1.807) is 12.4 Å². The second-order valence-corrected chi connectivity index (χ2v) is 5.56. The highest BCUT2D eigenvalue weighted by atomic mass is 16.5. The van der Waals surface area contributed by atoms with Crippen LogP contribution in [0.15, 0.2) is 36.8 Å². The predicted molar refractivity (Wildman–Crippen MR) is 80.5 cm³/mol. The molecule has 2 aromatic rings. The minimum absolute atomic E-state index is 0.273. The first kappa shape index (κ1) is 14.1. The molecule has 2 aromatic heterocycles. The molecule has 1 saturated heterocycles. The van der Waals surface area contributed by atoms with E-state index in [0.29, 0.717) is 0 Å². The Labute approximate surface area is 125 Å². The number of hydrogen-bond acceptors (Lipinski definition) is 5. The van der Waals surface area contributed by atoms with E-state index in [0.717, 1.165) is 36.7 Å². The number of nitrogens with zero attached hydrogens (tertiary/aromatic N) is 4. The van der Waals surface area contributed by atoms with Crippen molar-refractivity contribution < 1.29 is 4.74 Å². The number of morpholine rings is 1. The van der Waals surface area contributed by atoms with Gasteiger partial charge in [-0.1, -0.05) is 0 Å². The molecule has 0 aromatic carbocycles. The molecule has 0 N–H and O–H groups in total. The van der Waals surface area contributed by atoms with E-state index in [1.807, 2.05) is 24.4 Å². The molecule has 110 valence electrons. The molecule has 3 rings (SSSR count). The highest BCUT2D eigenvalue weighted by Crippen LogP contribution is 2.16. The van der Waals surface area contributed by atoms with Gasteiger partial charge in [-0.15, -0.1) is 0 Å². The van der Waals surface area contributed by atoms with Crippen molar-refractivity contribution in [1.29, 1.82) is 0 Å². The Kier molecular flexibility index (Phi) is 4.22. The fraction of sp³-hybridized carbons (Fsp3) is 0.438. The fourth-order valence-electron chi connectivity index (χ4n) is 2.77. The first-order valence-electron chi connectivity index (χ1n) is 7.31. The second kappa shape index (κ2) is 6.28. The molecule has 0 unspecified atom stereocenters. The summed E-state index contributed by atoms with van der Waals surface area (Å²) in [6.07, 6.45) is 5.89. The third kappa shape index (κ3) is 3.62. The Balaban J connectivity index is 1.74. The summed E-state index contributed by atoms with van der Waals surface area (Å²) in [6.45, 7) is 6.95. The van der Waals surface area contributed by atoms with Crippen molar-refractivity contribution in [3.63, 3.8) is 0 Å². The van der Waals surface area contributed by atoms with Crippen LogP contribution in [0.1, 0.15) is 19.5 Å². The van der Waals surface area contributed by atoms with E-state index in [9.17, 15) is 0 Å². The van der Waals surface area contributed by atoms with Gasteiger partial charge < -0.3 is 4.74 Å². The molecular weight excluding hydrogens is 264 g/mol. The lowest BCUT2D eigenvalue weighted by molar-refractivity contribution is -0.0707. The van der Waals surface area contributed by atoms with Gasteiger partial charge in [0.15, 0.2) is 5.82 Å². The van der Waals surface area contributed by atoms with Crippen LogP contribution in [0.3, 0.4) is 0 Å². The van der Waals surface area contributed by atoms with Crippen molar-refractivity contribution in [3.8, 4) is 11.4 Å². The zero-order valence-electron chi connectivity index (χ0n) is 12.4. The van der Waals surface area contributed by atoms with Gasteiger partial charge in [-0.05, 0) is 32.0 Å². The van der Waals surface area contributed by atoms with E-state index in [4.69, 9.17) is 4.74 Å². The van der Waals surface area contributed by atoms with Gasteiger partial charge in [-0.25, -0.2) is 9.97 Å². The van der Waals surface area contributed by atoms with Crippen molar-refractivity contribution in [2.45, 2.75) is 32.6 Å². The number of hydrogen-bond donors (Lipinski definition) is 0. The van der Waals surface area contributed by atoms with E-state index < -0.39 is 0 Å². The Hall–Kier alpha value is -1.85. The summed E-state index contributed by atoms with van der Waals surface area (Å²) in [4.78, 5) is 15.4. The highest BCUT2D eigenvalue weighted by molar-refractivity contribution is 5.53. The summed E-state index contributed by atoms with van der Waals surface area (Å²) in [6, 6.07) is 5.84. The molecule has 0 spiro atoms. The summed E-state index contributed by atoms with van der Waals surface area (Å²) >= 11 is 0. The molecule has 0 bridgehead atoms. The molecule has 5 nitrogen and oxygen atoms in total. The highest BCUT2D eigenvalue weighted by Gasteiger charge is 2.22. The molecule has 21 heavy (non-hydrogen) atoms. The molecule has 1 aliphatic heterocycles. The summed E-state index contributed by atoms with van der Waals surface area (Å²) in [5.74, 6) is 0.754. The average molecular weight is 284 g/mol. The lowest BCUT2D eigenvalue weighted by Crippen LogP contribution is -2.44. The van der Waals surface area contributed by atoms with Crippen molar-refractivity contribution in [1.82, 2.24) is 19.9 Å². The smallest absolute Gasteiger partial charge is 0.159 e. The van der Waals surface area contributed by atoms with Crippen LogP contribution in [0.25, 0.3) is 11.4 Å². The van der Waals surface area contributed by atoms with Gasteiger partial charge in [-0.2, -0.15) is 0 Å². The molecule has 1 aliphatic rings. The van der Waals surface area contributed by atoms with E-state index in [1.165, 1.54) is 0 Å². The van der Waals surface area contributed by atoms with Crippen LogP contribution in [0.5, 0.6) is 0 Å². The second-order valence-electron chi connectivity index (χ2n) is 5.56. The van der Waals surface area contributed by atoms with Gasteiger partial charge in [0, 0.05) is 43.8 Å². The number of aromatic nitrogens is 3. The van der Waals surface area contributed by atoms with Gasteiger partial charge in [0.2, 0.25) is 0 Å². The van der Waals surface area contributed by atoms with Crippen LogP contribution in [0, 0.1) is 0 Å². The first-order chi connectivity index (χ1) is 10.2. The van der Waals surface area contributed by atoms with Crippen molar-refractivity contribution in [2.24, 2.45) is 0 Å². The molecule has 5 heteroatoms. The van der Waals surface area contributed by atoms with E-state index in [-0.39, 0.29) is 12.2 Å². The van der Waals surface area contributed by atoms with Crippen molar-refractivity contribution in [2.75, 3.05) is 13.1 Å². The Morgan fingerprint density at radius 1 is 1.10 bits per heavy atom. The summed E-state index contributed by atoms with van der Waals surface area (Å²) in [7, 11) is 0. The molecule has 3 heterocycles. The lowest BCUT2D eigenvalue weighted by atomic mass is 10.2. The maximum absolute atomic E-state index is 5.77. The van der Waals surface area contributed by atoms with Crippen molar-refractivity contribution >= 4 is 0 Å². The average Bonchev–Trinajstić information content (AvgIpc) is 2.47. The Morgan fingerprint density at radius 3 is 2.52 bits per heavy atom. The molecule has 1 fully saturated rings. The van der Waals surface area contributed by atoms with Gasteiger partial charge in [0.25, 0.3) is 0 Å². The quantitative estimate of drug-likeness (QED) is 0.864. The van der Waals surface area contributed by atoms with Gasteiger partial charge in [0.05, 0.1) is 17.9 Å². The first-order valence-corrected chi connectivity index (χ1v) is 7.31. The minimum Gasteiger partial charge on any atom is -0.373 e. The van der Waals surface area contributed by atoms with Crippen molar-refractivity contribution in [3.05, 3.63) is 42.5 Å². The maximum atomic E-state index is 5.77. The summed E-state index contributed by atoms with van der Waals surface area (Å²) in [5.41, 5.74) is 2.04. The van der Waals surface area contributed by atoms with Gasteiger partial charge >= 0.3 is 0 Å². The number of pyridine rings is 1. The predicted octanol–water partition coefficient (Wildman–Crippen LogP) is 2.15. The fourth-order valence-corrected chi connectivity index (χ4v) is 2.77. The summed E-state index contributed by atoms with van der Waals surface area (Å²) < 4.78 is 5.77. The van der Waals surface area contributed by atoms with Crippen LogP contribution in [-0.2, 0) is 11.3 Å². The molecule has 0 saturated carbocycles.